The van der Waals surface area contributed by atoms with Gasteiger partial charge in [-0.25, -0.2) is 0 Å². The number of para-hydroxylation sites is 1. The quantitative estimate of drug-likeness (QED) is 0.172. The predicted molar refractivity (Wildman–Crippen MR) is 256 cm³/mol. The van der Waals surface area contributed by atoms with Crippen LogP contribution < -0.4 is 4.90 Å². The lowest BCUT2D eigenvalue weighted by Crippen LogP contribution is -2.30. The lowest BCUT2D eigenvalue weighted by molar-refractivity contribution is 0.669. The van der Waals surface area contributed by atoms with Crippen LogP contribution in [0.25, 0.3) is 65.4 Å². The van der Waals surface area contributed by atoms with E-state index in [1.807, 2.05) is 29.2 Å². The van der Waals surface area contributed by atoms with Gasteiger partial charge < -0.3 is 9.32 Å². The van der Waals surface area contributed by atoms with Crippen molar-refractivity contribution in [2.45, 2.75) is 15.2 Å². The van der Waals surface area contributed by atoms with Crippen LogP contribution in [0.3, 0.4) is 0 Å². The van der Waals surface area contributed by atoms with Gasteiger partial charge in [-0.2, -0.15) is 0 Å². The first-order valence-electron chi connectivity index (χ1n) is 20.7. The lowest BCUT2D eigenvalue weighted by Gasteiger charge is -2.37. The Morgan fingerprint density at radius 1 is 0.393 bits per heavy atom. The molecular weight excluding hydrogens is 779 g/mol. The van der Waals surface area contributed by atoms with Crippen LogP contribution >= 0.6 is 23.1 Å². The van der Waals surface area contributed by atoms with Crippen LogP contribution in [0.2, 0.25) is 0 Å². The molecule has 286 valence electrons. The fourth-order valence-electron chi connectivity index (χ4n) is 10.0. The number of furan rings is 1. The summed E-state index contributed by atoms with van der Waals surface area (Å²) < 4.78 is 7.77. The van der Waals surface area contributed by atoms with Crippen molar-refractivity contribution >= 4 is 72.2 Å². The maximum absolute atomic E-state index is 6.48. The number of anilines is 3. The van der Waals surface area contributed by atoms with Gasteiger partial charge in [-0.3, -0.25) is 0 Å². The van der Waals surface area contributed by atoms with Gasteiger partial charge in [-0.05, 0) is 105 Å². The smallest absolute Gasteiger partial charge is 0.137 e. The molecule has 0 amide bonds. The summed E-state index contributed by atoms with van der Waals surface area (Å²) in [6.45, 7) is 0. The number of hydrogen-bond donors (Lipinski definition) is 0. The molecule has 2 aromatic heterocycles. The molecular formula is C57H35NOS2. The second kappa shape index (κ2) is 13.5. The van der Waals surface area contributed by atoms with Crippen molar-refractivity contribution in [2.75, 3.05) is 4.90 Å². The molecule has 2 aliphatic rings. The summed E-state index contributed by atoms with van der Waals surface area (Å²) in [4.78, 5) is 6.44. The van der Waals surface area contributed by atoms with Gasteiger partial charge >= 0.3 is 0 Å². The van der Waals surface area contributed by atoms with E-state index in [9.17, 15) is 0 Å². The van der Waals surface area contributed by atoms with Gasteiger partial charge in [0.2, 0.25) is 0 Å². The highest BCUT2D eigenvalue weighted by Crippen LogP contribution is 2.65. The summed E-state index contributed by atoms with van der Waals surface area (Å²) in [5.74, 6) is 0. The molecule has 3 heterocycles. The molecule has 0 atom stereocenters. The molecule has 1 aliphatic heterocycles. The van der Waals surface area contributed by atoms with E-state index in [0.29, 0.717) is 0 Å². The van der Waals surface area contributed by atoms with Gasteiger partial charge in [0.1, 0.15) is 11.2 Å². The minimum atomic E-state index is -0.393. The first-order valence-corrected chi connectivity index (χ1v) is 22.4. The average molecular weight is 814 g/mol. The van der Waals surface area contributed by atoms with Gasteiger partial charge in [-0.15, -0.1) is 11.3 Å². The second-order valence-corrected chi connectivity index (χ2v) is 18.1. The summed E-state index contributed by atoms with van der Waals surface area (Å²) in [5, 5.41) is 3.53. The maximum Gasteiger partial charge on any atom is 0.137 e. The van der Waals surface area contributed by atoms with Gasteiger partial charge in [0, 0.05) is 58.7 Å². The van der Waals surface area contributed by atoms with Gasteiger partial charge in [0.15, 0.2) is 0 Å². The molecule has 2 nitrogen and oxygen atoms in total. The number of rotatable bonds is 5. The van der Waals surface area contributed by atoms with Crippen molar-refractivity contribution in [3.63, 3.8) is 0 Å². The molecule has 61 heavy (non-hydrogen) atoms. The maximum atomic E-state index is 6.48. The first-order chi connectivity index (χ1) is 30.2. The van der Waals surface area contributed by atoms with E-state index in [1.165, 1.54) is 74.8 Å². The van der Waals surface area contributed by atoms with Crippen molar-refractivity contribution in [2.24, 2.45) is 0 Å². The third-order valence-corrected chi connectivity index (χ3v) is 15.4. The molecule has 0 saturated carbocycles. The normalized spacial score (nSPS) is 13.3. The molecule has 1 aliphatic carbocycles. The second-order valence-electron chi connectivity index (χ2n) is 16.0. The molecule has 13 rings (SSSR count). The van der Waals surface area contributed by atoms with Gasteiger partial charge in [-0.1, -0.05) is 163 Å². The highest BCUT2D eigenvalue weighted by atomic mass is 32.2. The van der Waals surface area contributed by atoms with Crippen molar-refractivity contribution in [1.82, 2.24) is 0 Å². The average Bonchev–Trinajstić information content (AvgIpc) is 3.98. The zero-order valence-electron chi connectivity index (χ0n) is 32.9. The zero-order chi connectivity index (χ0) is 40.1. The van der Waals surface area contributed by atoms with Crippen LogP contribution in [-0.2, 0) is 5.41 Å². The van der Waals surface area contributed by atoms with Crippen molar-refractivity contribution in [3.05, 3.63) is 234 Å². The minimum Gasteiger partial charge on any atom is -0.456 e. The summed E-state index contributed by atoms with van der Waals surface area (Å²) in [7, 11) is 0. The zero-order valence-corrected chi connectivity index (χ0v) is 34.5. The summed E-state index contributed by atoms with van der Waals surface area (Å²) in [6.07, 6.45) is 0. The van der Waals surface area contributed by atoms with Crippen LogP contribution in [0.5, 0.6) is 0 Å². The monoisotopic (exact) mass is 813 g/mol. The van der Waals surface area contributed by atoms with Gasteiger partial charge in [0.25, 0.3) is 0 Å². The van der Waals surface area contributed by atoms with E-state index in [-0.39, 0.29) is 0 Å². The van der Waals surface area contributed by atoms with Crippen LogP contribution in [0.1, 0.15) is 21.6 Å². The van der Waals surface area contributed by atoms with Gasteiger partial charge in [0.05, 0.1) is 5.41 Å². The summed E-state index contributed by atoms with van der Waals surface area (Å²) in [6, 6.07) is 77.6. The molecule has 0 saturated heterocycles. The van der Waals surface area contributed by atoms with E-state index >= 15 is 0 Å². The Kier molecular flexibility index (Phi) is 7.66. The van der Waals surface area contributed by atoms with E-state index in [4.69, 9.17) is 4.42 Å². The third kappa shape index (κ3) is 5.16. The van der Waals surface area contributed by atoms with Crippen LogP contribution in [-0.4, -0.2) is 0 Å². The molecule has 4 heteroatoms. The summed E-state index contributed by atoms with van der Waals surface area (Å²) >= 11 is 3.87. The summed E-state index contributed by atoms with van der Waals surface area (Å²) in [5.41, 5.74) is 16.2. The fourth-order valence-corrected chi connectivity index (χ4v) is 12.9. The lowest BCUT2D eigenvalue weighted by atomic mass is 9.71. The number of fused-ring (bicyclic) bond motifs is 14. The molecule has 11 aromatic rings. The highest BCUT2D eigenvalue weighted by molar-refractivity contribution is 8.00. The Balaban J connectivity index is 0.981. The number of hydrogen-bond acceptors (Lipinski definition) is 4. The highest BCUT2D eigenvalue weighted by Gasteiger charge is 2.51. The Morgan fingerprint density at radius 2 is 0.934 bits per heavy atom. The number of nitrogens with zero attached hydrogens (tertiary/aromatic N) is 1. The first kappa shape index (κ1) is 34.7. The molecule has 1 spiro atoms. The topological polar surface area (TPSA) is 16.4 Å². The minimum absolute atomic E-state index is 0.393. The van der Waals surface area contributed by atoms with Crippen molar-refractivity contribution in [1.29, 1.82) is 0 Å². The Bertz CT molecular complexity index is 3460. The molecule has 0 radical (unpaired) electrons. The Labute approximate surface area is 362 Å². The van der Waals surface area contributed by atoms with E-state index in [2.05, 4.69) is 211 Å². The third-order valence-electron chi connectivity index (χ3n) is 12.8. The van der Waals surface area contributed by atoms with Crippen LogP contribution in [0.4, 0.5) is 17.1 Å². The fraction of sp³-hybridized carbons (Fsp3) is 0.0175. The molecule has 0 unspecified atom stereocenters. The number of benzene rings is 9. The van der Waals surface area contributed by atoms with E-state index in [1.54, 1.807) is 0 Å². The van der Waals surface area contributed by atoms with Crippen LogP contribution in [0.15, 0.2) is 227 Å². The largest absolute Gasteiger partial charge is 0.456 e. The Morgan fingerprint density at radius 3 is 1.67 bits per heavy atom. The molecule has 0 fully saturated rings. The van der Waals surface area contributed by atoms with Crippen molar-refractivity contribution < 1.29 is 4.42 Å². The van der Waals surface area contributed by atoms with Crippen LogP contribution in [0, 0.1) is 0 Å². The molecule has 9 aromatic carbocycles. The molecule has 0 N–H and O–H groups in total. The van der Waals surface area contributed by atoms with E-state index < -0.39 is 5.41 Å². The van der Waals surface area contributed by atoms with Crippen molar-refractivity contribution in [3.8, 4) is 33.4 Å². The number of thiophene rings is 1. The molecule has 0 bridgehead atoms. The standard InChI is InChI=1S/C57H35NOS2/c1-2-12-36(13-3-1)37-22-24-38(25-23-37)39-26-28-40(29-27-39)58(42-30-32-46-45-16-6-10-20-51(45)59-52(46)35-42)41-31-33-53-47(34-41)55-56(61-53)57(50-19-9-11-21-54(50)60-55)48-17-7-4-14-43(48)44-15-5-8-18-49(44)57/h1-35H. The predicted octanol–water partition coefficient (Wildman–Crippen LogP) is 16.4. The van der Waals surface area contributed by atoms with E-state index in [0.717, 1.165) is 39.0 Å². The SMILES string of the molecule is c1ccc(-c2ccc(-c3ccc(N(c4ccc5c(c4)oc4ccccc45)c4ccc5sc6c(c5c4)Sc4ccccc4C64c5ccccc5-c5ccccc54)cc3)cc2)cc1. The Hall–Kier alpha value is -7.11.